The third-order valence-corrected chi connectivity index (χ3v) is 3.33. The summed E-state index contributed by atoms with van der Waals surface area (Å²) in [5, 5.41) is 9.32. The van der Waals surface area contributed by atoms with Crippen molar-refractivity contribution in [1.29, 1.82) is 0 Å². The van der Waals surface area contributed by atoms with Crippen LogP contribution < -0.4 is 11.2 Å². The minimum absolute atomic E-state index is 0.0574. The summed E-state index contributed by atoms with van der Waals surface area (Å²) < 4.78 is 7.10. The number of nitrogens with zero attached hydrogens (tertiary/aromatic N) is 1. The second-order valence-electron chi connectivity index (χ2n) is 4.32. The van der Waals surface area contributed by atoms with E-state index in [1.54, 1.807) is 0 Å². The molecular formula is C11H16N2O4. The third kappa shape index (κ3) is 2.18. The number of aliphatic hydroxyl groups excluding tert-OH is 1. The maximum atomic E-state index is 11.6. The van der Waals surface area contributed by atoms with E-state index in [4.69, 9.17) is 4.74 Å². The number of nitrogens with one attached hydrogen (secondary N) is 1. The first-order chi connectivity index (χ1) is 8.10. The molecule has 1 aromatic rings. The van der Waals surface area contributed by atoms with Gasteiger partial charge in [0.25, 0.3) is 5.56 Å². The van der Waals surface area contributed by atoms with Crippen LogP contribution in [0.3, 0.4) is 0 Å². The highest BCUT2D eigenvalue weighted by Gasteiger charge is 2.39. The predicted molar refractivity (Wildman–Crippen MR) is 60.8 cm³/mol. The molecule has 94 valence electrons. The molecule has 2 heterocycles. The van der Waals surface area contributed by atoms with Crippen LogP contribution in [0.1, 0.15) is 32.4 Å². The lowest BCUT2D eigenvalue weighted by atomic mass is 9.98. The van der Waals surface area contributed by atoms with E-state index in [-0.39, 0.29) is 6.61 Å². The van der Waals surface area contributed by atoms with Gasteiger partial charge in [0.15, 0.2) is 0 Å². The van der Waals surface area contributed by atoms with E-state index in [2.05, 4.69) is 4.98 Å². The van der Waals surface area contributed by atoms with Crippen molar-refractivity contribution in [2.45, 2.75) is 38.0 Å². The summed E-state index contributed by atoms with van der Waals surface area (Å²) in [4.78, 5) is 24.7. The summed E-state index contributed by atoms with van der Waals surface area (Å²) in [5.41, 5.74) is -1.46. The lowest BCUT2D eigenvalue weighted by molar-refractivity contribution is -0.101. The fourth-order valence-corrected chi connectivity index (χ4v) is 2.13. The monoisotopic (exact) mass is 240 g/mol. The number of H-pyrrole nitrogens is 1. The van der Waals surface area contributed by atoms with E-state index in [1.165, 1.54) is 16.8 Å². The Balaban J connectivity index is 2.26. The second-order valence-corrected chi connectivity index (χ2v) is 4.32. The summed E-state index contributed by atoms with van der Waals surface area (Å²) in [7, 11) is 0. The zero-order valence-corrected chi connectivity index (χ0v) is 9.68. The minimum atomic E-state index is -0.555. The van der Waals surface area contributed by atoms with Gasteiger partial charge in [0.1, 0.15) is 6.23 Å². The molecule has 0 saturated carbocycles. The number of aliphatic hydroxyl groups is 1. The van der Waals surface area contributed by atoms with Gasteiger partial charge in [-0.1, -0.05) is 6.92 Å². The fraction of sp³-hybridized carbons (Fsp3) is 0.636. The van der Waals surface area contributed by atoms with Crippen molar-refractivity contribution in [1.82, 2.24) is 9.55 Å². The highest BCUT2D eigenvalue weighted by atomic mass is 16.5. The Morgan fingerprint density at radius 1 is 1.65 bits per heavy atom. The van der Waals surface area contributed by atoms with Crippen LogP contribution in [-0.4, -0.2) is 26.9 Å². The standard InChI is InChI=1S/C11H16N2O4/c1-2-11(7-14)5-3-9(17-11)13-6-4-8(15)12-10(13)16/h4,6,9,14H,2-3,5,7H2,1H3,(H,12,15,16). The van der Waals surface area contributed by atoms with Crippen molar-refractivity contribution in [3.63, 3.8) is 0 Å². The van der Waals surface area contributed by atoms with E-state index in [0.29, 0.717) is 19.3 Å². The van der Waals surface area contributed by atoms with E-state index >= 15 is 0 Å². The zero-order chi connectivity index (χ0) is 12.5. The van der Waals surface area contributed by atoms with Gasteiger partial charge in [-0.15, -0.1) is 0 Å². The summed E-state index contributed by atoms with van der Waals surface area (Å²) in [5.74, 6) is 0. The molecule has 1 aliphatic rings. The maximum Gasteiger partial charge on any atom is 0.330 e. The van der Waals surface area contributed by atoms with Crippen molar-refractivity contribution in [2.24, 2.45) is 0 Å². The number of aromatic nitrogens is 2. The van der Waals surface area contributed by atoms with Crippen LogP contribution in [0.15, 0.2) is 21.9 Å². The number of hydrogen-bond donors (Lipinski definition) is 2. The molecule has 0 aromatic carbocycles. The molecule has 0 bridgehead atoms. The molecule has 17 heavy (non-hydrogen) atoms. The van der Waals surface area contributed by atoms with E-state index in [0.717, 1.165) is 0 Å². The average Bonchev–Trinajstić information content (AvgIpc) is 2.74. The van der Waals surface area contributed by atoms with E-state index < -0.39 is 23.1 Å². The van der Waals surface area contributed by atoms with Gasteiger partial charge in [-0.25, -0.2) is 4.79 Å². The molecule has 0 amide bonds. The molecule has 6 heteroatoms. The van der Waals surface area contributed by atoms with Crippen LogP contribution in [0.25, 0.3) is 0 Å². The van der Waals surface area contributed by atoms with Gasteiger partial charge in [0.05, 0.1) is 12.2 Å². The predicted octanol–water partition coefficient (Wildman–Crippen LogP) is -0.0133. The van der Waals surface area contributed by atoms with Crippen molar-refractivity contribution >= 4 is 0 Å². The topological polar surface area (TPSA) is 84.3 Å². The first kappa shape index (κ1) is 12.1. The smallest absolute Gasteiger partial charge is 0.330 e. The molecule has 0 aliphatic carbocycles. The molecule has 1 aromatic heterocycles. The zero-order valence-electron chi connectivity index (χ0n) is 9.68. The molecule has 0 radical (unpaired) electrons. The van der Waals surface area contributed by atoms with Crippen LogP contribution in [0.5, 0.6) is 0 Å². The first-order valence-corrected chi connectivity index (χ1v) is 5.70. The second kappa shape index (κ2) is 4.46. The number of hydrogen-bond acceptors (Lipinski definition) is 4. The maximum absolute atomic E-state index is 11.6. The highest BCUT2D eigenvalue weighted by molar-refractivity contribution is 4.90. The van der Waals surface area contributed by atoms with Crippen molar-refractivity contribution < 1.29 is 9.84 Å². The third-order valence-electron chi connectivity index (χ3n) is 3.33. The van der Waals surface area contributed by atoms with Gasteiger partial charge < -0.3 is 9.84 Å². The van der Waals surface area contributed by atoms with Crippen molar-refractivity contribution in [2.75, 3.05) is 6.61 Å². The summed E-state index contributed by atoms with van der Waals surface area (Å²) in [6, 6.07) is 1.29. The quantitative estimate of drug-likeness (QED) is 0.778. The normalized spacial score (nSPS) is 28.5. The van der Waals surface area contributed by atoms with Crippen LogP contribution in [0.2, 0.25) is 0 Å². The lowest BCUT2D eigenvalue weighted by Crippen LogP contribution is -2.35. The Kier molecular flexibility index (Phi) is 3.17. The molecule has 2 atom stereocenters. The van der Waals surface area contributed by atoms with Crippen molar-refractivity contribution in [3.8, 4) is 0 Å². The Morgan fingerprint density at radius 3 is 2.94 bits per heavy atom. The Hall–Kier alpha value is -1.40. The molecule has 1 saturated heterocycles. The number of aromatic amines is 1. The van der Waals surface area contributed by atoms with E-state index in [9.17, 15) is 14.7 Å². The molecule has 1 fully saturated rings. The summed E-state index contributed by atoms with van der Waals surface area (Å²) >= 11 is 0. The van der Waals surface area contributed by atoms with Crippen molar-refractivity contribution in [3.05, 3.63) is 33.1 Å². The van der Waals surface area contributed by atoms with Crippen LogP contribution in [-0.2, 0) is 4.74 Å². The summed E-state index contributed by atoms with van der Waals surface area (Å²) in [6.45, 7) is 1.88. The van der Waals surface area contributed by atoms with Crippen LogP contribution in [0, 0.1) is 0 Å². The van der Waals surface area contributed by atoms with Crippen LogP contribution >= 0.6 is 0 Å². The minimum Gasteiger partial charge on any atom is -0.393 e. The Labute approximate surface area is 97.9 Å². The SMILES string of the molecule is CCC1(CO)CCC(n2ccc(=O)[nH]c2=O)O1. The Bertz CT molecular complexity index is 501. The first-order valence-electron chi connectivity index (χ1n) is 5.70. The van der Waals surface area contributed by atoms with Gasteiger partial charge in [0.2, 0.25) is 0 Å². The molecule has 2 N–H and O–H groups in total. The van der Waals surface area contributed by atoms with Gasteiger partial charge in [0, 0.05) is 12.3 Å². The van der Waals surface area contributed by atoms with Gasteiger partial charge in [-0.2, -0.15) is 0 Å². The number of ether oxygens (including phenoxy) is 1. The number of rotatable bonds is 3. The van der Waals surface area contributed by atoms with E-state index in [1.807, 2.05) is 6.92 Å². The average molecular weight is 240 g/mol. The summed E-state index contributed by atoms with van der Waals surface area (Å²) in [6.07, 6.45) is 3.07. The molecule has 1 aliphatic heterocycles. The Morgan fingerprint density at radius 2 is 2.41 bits per heavy atom. The molecule has 2 unspecified atom stereocenters. The fourth-order valence-electron chi connectivity index (χ4n) is 2.13. The van der Waals surface area contributed by atoms with Gasteiger partial charge in [-0.05, 0) is 19.3 Å². The highest BCUT2D eigenvalue weighted by Crippen LogP contribution is 2.37. The molecule has 2 rings (SSSR count). The molecule has 0 spiro atoms. The van der Waals surface area contributed by atoms with Crippen LogP contribution in [0.4, 0.5) is 0 Å². The van der Waals surface area contributed by atoms with Gasteiger partial charge in [-0.3, -0.25) is 14.3 Å². The lowest BCUT2D eigenvalue weighted by Gasteiger charge is -2.25. The largest absolute Gasteiger partial charge is 0.393 e. The molecular weight excluding hydrogens is 224 g/mol. The molecule has 6 nitrogen and oxygen atoms in total. The van der Waals surface area contributed by atoms with Gasteiger partial charge >= 0.3 is 5.69 Å².